The van der Waals surface area contributed by atoms with Gasteiger partial charge < -0.3 is 20.5 Å². The zero-order chi connectivity index (χ0) is 11.8. The number of rotatable bonds is 6. The van der Waals surface area contributed by atoms with Crippen LogP contribution in [0.1, 0.15) is 32.1 Å². The molecule has 0 radical (unpaired) electrons. The highest BCUT2D eigenvalue weighted by Crippen LogP contribution is 2.17. The molecule has 1 aliphatic carbocycles. The smallest absolute Gasteiger partial charge is 0.315 e. The van der Waals surface area contributed by atoms with Crippen molar-refractivity contribution < 1.29 is 14.6 Å². The molecule has 1 unspecified atom stereocenters. The summed E-state index contributed by atoms with van der Waals surface area (Å²) < 4.78 is 4.79. The normalized spacial score (nSPS) is 18.4. The van der Waals surface area contributed by atoms with Crippen LogP contribution in [0, 0.1) is 0 Å². The summed E-state index contributed by atoms with van der Waals surface area (Å²) in [6.07, 6.45) is 4.59. The van der Waals surface area contributed by atoms with Crippen molar-refractivity contribution in [1.29, 1.82) is 0 Å². The molecule has 1 aliphatic rings. The van der Waals surface area contributed by atoms with E-state index in [1.807, 2.05) is 0 Å². The van der Waals surface area contributed by atoms with Gasteiger partial charge in [-0.05, 0) is 19.3 Å². The number of aliphatic hydroxyl groups is 1. The molecule has 0 heterocycles. The average molecular weight is 230 g/mol. The van der Waals surface area contributed by atoms with Gasteiger partial charge in [0, 0.05) is 19.7 Å². The van der Waals surface area contributed by atoms with E-state index in [9.17, 15) is 9.90 Å². The van der Waals surface area contributed by atoms with Gasteiger partial charge in [-0.2, -0.15) is 0 Å². The van der Waals surface area contributed by atoms with Crippen molar-refractivity contribution in [1.82, 2.24) is 10.6 Å². The number of methoxy groups -OCH3 is 1. The zero-order valence-electron chi connectivity index (χ0n) is 9.87. The maximum Gasteiger partial charge on any atom is 0.315 e. The topological polar surface area (TPSA) is 70.6 Å². The number of nitrogens with one attached hydrogen (secondary N) is 2. The van der Waals surface area contributed by atoms with Crippen LogP contribution in [0.3, 0.4) is 0 Å². The number of aliphatic hydroxyl groups excluding tert-OH is 1. The first-order valence-corrected chi connectivity index (χ1v) is 5.93. The molecule has 0 aromatic rings. The highest BCUT2D eigenvalue weighted by molar-refractivity contribution is 5.74. The molecule has 0 saturated heterocycles. The summed E-state index contributed by atoms with van der Waals surface area (Å²) in [7, 11) is 1.55. The van der Waals surface area contributed by atoms with Crippen LogP contribution in [0.2, 0.25) is 0 Å². The highest BCUT2D eigenvalue weighted by atomic mass is 16.5. The molecule has 0 aromatic carbocycles. The third kappa shape index (κ3) is 5.32. The quantitative estimate of drug-likeness (QED) is 0.626. The minimum atomic E-state index is -0.503. The number of carbonyl (C=O) groups is 1. The van der Waals surface area contributed by atoms with Gasteiger partial charge >= 0.3 is 6.03 Å². The van der Waals surface area contributed by atoms with Crippen LogP contribution in [0.15, 0.2) is 0 Å². The molecule has 94 valence electrons. The summed E-state index contributed by atoms with van der Waals surface area (Å²) >= 11 is 0. The van der Waals surface area contributed by atoms with Gasteiger partial charge in [0.15, 0.2) is 0 Å². The summed E-state index contributed by atoms with van der Waals surface area (Å²) in [6.45, 7) is 0.787. The van der Waals surface area contributed by atoms with E-state index < -0.39 is 6.10 Å². The Morgan fingerprint density at radius 1 is 1.50 bits per heavy atom. The van der Waals surface area contributed by atoms with Gasteiger partial charge in [0.2, 0.25) is 0 Å². The first-order chi connectivity index (χ1) is 7.72. The Labute approximate surface area is 96.6 Å². The summed E-state index contributed by atoms with van der Waals surface area (Å²) in [5, 5.41) is 15.0. The summed E-state index contributed by atoms with van der Waals surface area (Å²) in [4.78, 5) is 11.4. The van der Waals surface area contributed by atoms with Crippen LogP contribution in [0.5, 0.6) is 0 Å². The molecular weight excluding hydrogens is 208 g/mol. The number of ether oxygens (including phenoxy) is 1. The number of amides is 2. The molecule has 1 atom stereocenters. The first kappa shape index (κ1) is 13.3. The second-order valence-corrected chi connectivity index (χ2v) is 4.28. The lowest BCUT2D eigenvalue weighted by atomic mass is 10.2. The lowest BCUT2D eigenvalue weighted by molar-refractivity contribution is 0.0598. The van der Waals surface area contributed by atoms with Crippen molar-refractivity contribution in [2.75, 3.05) is 20.3 Å². The summed E-state index contributed by atoms with van der Waals surface area (Å²) in [6, 6.07) is 0.209. The first-order valence-electron chi connectivity index (χ1n) is 5.93. The number of hydrogen-bond acceptors (Lipinski definition) is 3. The van der Waals surface area contributed by atoms with Gasteiger partial charge in [0.25, 0.3) is 0 Å². The van der Waals surface area contributed by atoms with Gasteiger partial charge in [0.05, 0.1) is 12.7 Å². The fourth-order valence-corrected chi connectivity index (χ4v) is 1.93. The predicted molar refractivity (Wildman–Crippen MR) is 61.3 cm³/mol. The zero-order valence-corrected chi connectivity index (χ0v) is 9.87. The van der Waals surface area contributed by atoms with E-state index in [-0.39, 0.29) is 6.03 Å². The van der Waals surface area contributed by atoms with Crippen LogP contribution in [0.4, 0.5) is 4.79 Å². The van der Waals surface area contributed by atoms with E-state index in [1.54, 1.807) is 7.11 Å². The fourth-order valence-electron chi connectivity index (χ4n) is 1.93. The van der Waals surface area contributed by atoms with Gasteiger partial charge in [0.1, 0.15) is 0 Å². The molecule has 2 amide bonds. The third-order valence-electron chi connectivity index (χ3n) is 2.81. The van der Waals surface area contributed by atoms with Gasteiger partial charge in [-0.15, -0.1) is 0 Å². The molecule has 1 rings (SSSR count). The molecular formula is C11H22N2O3. The summed E-state index contributed by atoms with van der Waals surface area (Å²) in [5.41, 5.74) is 0. The fraction of sp³-hybridized carbons (Fsp3) is 0.909. The Morgan fingerprint density at radius 2 is 2.19 bits per heavy atom. The monoisotopic (exact) mass is 230 g/mol. The Morgan fingerprint density at radius 3 is 2.81 bits per heavy atom. The van der Waals surface area contributed by atoms with E-state index in [4.69, 9.17) is 4.74 Å². The molecule has 5 nitrogen and oxygen atoms in total. The molecule has 1 fully saturated rings. The van der Waals surface area contributed by atoms with E-state index in [0.29, 0.717) is 25.6 Å². The van der Waals surface area contributed by atoms with Crippen molar-refractivity contribution in [3.63, 3.8) is 0 Å². The molecule has 3 N–H and O–H groups in total. The van der Waals surface area contributed by atoms with Gasteiger partial charge in [-0.25, -0.2) is 4.79 Å². The summed E-state index contributed by atoms with van der Waals surface area (Å²) in [5.74, 6) is 0. The lowest BCUT2D eigenvalue weighted by Gasteiger charge is -2.14. The van der Waals surface area contributed by atoms with Gasteiger partial charge in [-0.3, -0.25) is 0 Å². The Bertz CT molecular complexity index is 205. The van der Waals surface area contributed by atoms with Crippen LogP contribution in [-0.2, 0) is 4.74 Å². The molecule has 0 aliphatic heterocycles. The molecule has 0 bridgehead atoms. The SMILES string of the molecule is COCC(O)CCNC(=O)NC1CCCC1. The Hall–Kier alpha value is -0.810. The van der Waals surface area contributed by atoms with Gasteiger partial charge in [-0.1, -0.05) is 12.8 Å². The third-order valence-corrected chi connectivity index (χ3v) is 2.81. The average Bonchev–Trinajstić information content (AvgIpc) is 2.70. The minimum absolute atomic E-state index is 0.128. The van der Waals surface area contributed by atoms with E-state index in [1.165, 1.54) is 12.8 Å². The van der Waals surface area contributed by atoms with Crippen molar-refractivity contribution >= 4 is 6.03 Å². The molecule has 16 heavy (non-hydrogen) atoms. The van der Waals surface area contributed by atoms with Crippen LogP contribution in [-0.4, -0.2) is 43.5 Å². The second-order valence-electron chi connectivity index (χ2n) is 4.28. The standard InChI is InChI=1S/C11H22N2O3/c1-16-8-10(14)6-7-12-11(15)13-9-4-2-3-5-9/h9-10,14H,2-8H2,1H3,(H2,12,13,15). The molecule has 5 heteroatoms. The van der Waals surface area contributed by atoms with E-state index >= 15 is 0 Å². The molecule has 0 spiro atoms. The minimum Gasteiger partial charge on any atom is -0.391 e. The second kappa shape index (κ2) is 7.46. The number of urea groups is 1. The highest BCUT2D eigenvalue weighted by Gasteiger charge is 2.16. The molecule has 0 aromatic heterocycles. The maximum absolute atomic E-state index is 11.4. The van der Waals surface area contributed by atoms with Crippen LogP contribution < -0.4 is 10.6 Å². The van der Waals surface area contributed by atoms with Crippen molar-refractivity contribution in [3.8, 4) is 0 Å². The number of hydrogen-bond donors (Lipinski definition) is 3. The predicted octanol–water partition coefficient (Wildman–Crippen LogP) is 0.626. The number of carbonyl (C=O) groups excluding carboxylic acids is 1. The van der Waals surface area contributed by atoms with Crippen molar-refractivity contribution in [3.05, 3.63) is 0 Å². The Balaban J connectivity index is 2.01. The van der Waals surface area contributed by atoms with Crippen molar-refractivity contribution in [2.45, 2.75) is 44.2 Å². The van der Waals surface area contributed by atoms with E-state index in [0.717, 1.165) is 12.8 Å². The largest absolute Gasteiger partial charge is 0.391 e. The van der Waals surface area contributed by atoms with Crippen LogP contribution in [0.25, 0.3) is 0 Å². The Kier molecular flexibility index (Phi) is 6.18. The van der Waals surface area contributed by atoms with E-state index in [2.05, 4.69) is 10.6 Å². The van der Waals surface area contributed by atoms with Crippen molar-refractivity contribution in [2.24, 2.45) is 0 Å². The maximum atomic E-state index is 11.4. The van der Waals surface area contributed by atoms with Crippen LogP contribution >= 0.6 is 0 Å². The lowest BCUT2D eigenvalue weighted by Crippen LogP contribution is -2.41. The molecule has 1 saturated carbocycles.